The lowest BCUT2D eigenvalue weighted by Crippen LogP contribution is -2.23. The van der Waals surface area contributed by atoms with E-state index in [0.29, 0.717) is 6.42 Å². The summed E-state index contributed by atoms with van der Waals surface area (Å²) in [7, 11) is 0. The summed E-state index contributed by atoms with van der Waals surface area (Å²) in [6.45, 7) is 3.82. The van der Waals surface area contributed by atoms with E-state index in [1.807, 2.05) is 0 Å². The number of carbonyl (C=O) groups is 1. The first-order valence-electron chi connectivity index (χ1n) is 7.28. The zero-order valence-corrected chi connectivity index (χ0v) is 11.5. The van der Waals surface area contributed by atoms with Crippen molar-refractivity contribution < 1.29 is 4.79 Å². The average Bonchev–Trinajstić information content (AvgIpc) is 2.33. The molecule has 3 nitrogen and oxygen atoms in total. The van der Waals surface area contributed by atoms with Crippen LogP contribution in [0.4, 0.5) is 0 Å². The number of hydrogen-bond acceptors (Lipinski definition) is 2. The molecule has 102 valence electrons. The number of nitrogens with one attached hydrogen (secondary N) is 1. The van der Waals surface area contributed by atoms with E-state index in [4.69, 9.17) is 5.73 Å². The van der Waals surface area contributed by atoms with Crippen molar-refractivity contribution in [2.45, 2.75) is 71.1 Å². The second kappa shape index (κ2) is 13.5. The van der Waals surface area contributed by atoms with Gasteiger partial charge in [-0.25, -0.2) is 0 Å². The molecule has 0 aromatic carbocycles. The predicted octanol–water partition coefficient (Wildman–Crippen LogP) is 2.98. The van der Waals surface area contributed by atoms with Crippen molar-refractivity contribution in [2.75, 3.05) is 13.1 Å². The van der Waals surface area contributed by atoms with Gasteiger partial charge in [0.1, 0.15) is 0 Å². The van der Waals surface area contributed by atoms with E-state index >= 15 is 0 Å². The lowest BCUT2D eigenvalue weighted by molar-refractivity contribution is -0.121. The maximum absolute atomic E-state index is 11.4. The molecule has 3 N–H and O–H groups in total. The number of amides is 1. The minimum Gasteiger partial charge on any atom is -0.356 e. The standard InChI is InChI=1S/C14H30N2O/c1-2-3-4-5-8-11-14(17)16-13-10-7-6-9-12-15/h2-13,15H2,1H3,(H,16,17). The van der Waals surface area contributed by atoms with Gasteiger partial charge in [-0.1, -0.05) is 45.4 Å². The molecule has 0 aliphatic carbocycles. The van der Waals surface area contributed by atoms with Crippen LogP contribution in [-0.4, -0.2) is 19.0 Å². The first-order chi connectivity index (χ1) is 8.31. The van der Waals surface area contributed by atoms with Crippen LogP contribution in [0.2, 0.25) is 0 Å². The van der Waals surface area contributed by atoms with Crippen molar-refractivity contribution >= 4 is 5.91 Å². The van der Waals surface area contributed by atoms with Gasteiger partial charge in [-0.15, -0.1) is 0 Å². The van der Waals surface area contributed by atoms with Crippen molar-refractivity contribution in [3.8, 4) is 0 Å². The first-order valence-corrected chi connectivity index (χ1v) is 7.28. The summed E-state index contributed by atoms with van der Waals surface area (Å²) in [6, 6.07) is 0. The van der Waals surface area contributed by atoms with Crippen LogP contribution < -0.4 is 11.1 Å². The molecule has 0 saturated carbocycles. The van der Waals surface area contributed by atoms with E-state index < -0.39 is 0 Å². The van der Waals surface area contributed by atoms with Crippen molar-refractivity contribution in [2.24, 2.45) is 5.73 Å². The molecule has 0 heterocycles. The van der Waals surface area contributed by atoms with Crippen LogP contribution >= 0.6 is 0 Å². The fraction of sp³-hybridized carbons (Fsp3) is 0.929. The second-order valence-corrected chi connectivity index (χ2v) is 4.72. The zero-order valence-electron chi connectivity index (χ0n) is 11.5. The SMILES string of the molecule is CCCCCCCC(=O)NCCCCCCN. The molecule has 0 aliphatic heterocycles. The Kier molecular flexibility index (Phi) is 13.0. The van der Waals surface area contributed by atoms with Gasteiger partial charge >= 0.3 is 0 Å². The van der Waals surface area contributed by atoms with Gasteiger partial charge in [0.25, 0.3) is 0 Å². The first kappa shape index (κ1) is 16.4. The smallest absolute Gasteiger partial charge is 0.219 e. The summed E-state index contributed by atoms with van der Waals surface area (Å²) in [4.78, 5) is 11.4. The van der Waals surface area contributed by atoms with Crippen LogP contribution in [0.5, 0.6) is 0 Å². The zero-order chi connectivity index (χ0) is 12.8. The number of rotatable bonds is 12. The molecule has 0 bridgehead atoms. The number of nitrogens with two attached hydrogens (primary N) is 1. The normalized spacial score (nSPS) is 10.5. The number of unbranched alkanes of at least 4 members (excludes halogenated alkanes) is 7. The molecule has 0 aliphatic rings. The third kappa shape index (κ3) is 13.4. The monoisotopic (exact) mass is 242 g/mol. The average molecular weight is 242 g/mol. The van der Waals surface area contributed by atoms with Gasteiger partial charge in [0.05, 0.1) is 0 Å². The Bertz CT molecular complexity index is 172. The van der Waals surface area contributed by atoms with E-state index in [-0.39, 0.29) is 5.91 Å². The highest BCUT2D eigenvalue weighted by Gasteiger charge is 1.99. The predicted molar refractivity (Wildman–Crippen MR) is 73.9 cm³/mol. The molecule has 0 rings (SSSR count). The minimum absolute atomic E-state index is 0.223. The van der Waals surface area contributed by atoms with Gasteiger partial charge in [0.2, 0.25) is 5.91 Å². The summed E-state index contributed by atoms with van der Waals surface area (Å²) in [5.74, 6) is 0.223. The number of carbonyl (C=O) groups excluding carboxylic acids is 1. The van der Waals surface area contributed by atoms with Gasteiger partial charge in [0, 0.05) is 13.0 Å². The summed E-state index contributed by atoms with van der Waals surface area (Å²) >= 11 is 0. The molecule has 0 fully saturated rings. The maximum atomic E-state index is 11.4. The van der Waals surface area contributed by atoms with Crippen LogP contribution in [-0.2, 0) is 4.79 Å². The molecular formula is C14H30N2O. The van der Waals surface area contributed by atoms with E-state index in [1.54, 1.807) is 0 Å². The summed E-state index contributed by atoms with van der Waals surface area (Å²) < 4.78 is 0. The van der Waals surface area contributed by atoms with Gasteiger partial charge < -0.3 is 11.1 Å². The van der Waals surface area contributed by atoms with Gasteiger partial charge in [0.15, 0.2) is 0 Å². The molecule has 0 atom stereocenters. The van der Waals surface area contributed by atoms with Crippen LogP contribution in [0.1, 0.15) is 71.1 Å². The van der Waals surface area contributed by atoms with E-state index in [0.717, 1.165) is 32.4 Å². The van der Waals surface area contributed by atoms with Crippen LogP contribution in [0.25, 0.3) is 0 Å². The van der Waals surface area contributed by atoms with Crippen LogP contribution in [0.15, 0.2) is 0 Å². The molecular weight excluding hydrogens is 212 g/mol. The molecule has 0 saturated heterocycles. The maximum Gasteiger partial charge on any atom is 0.219 e. The molecule has 3 heteroatoms. The highest BCUT2D eigenvalue weighted by atomic mass is 16.1. The Labute approximate surface area is 107 Å². The largest absolute Gasteiger partial charge is 0.356 e. The van der Waals surface area contributed by atoms with Crippen molar-refractivity contribution in [1.82, 2.24) is 5.32 Å². The molecule has 0 unspecified atom stereocenters. The Hall–Kier alpha value is -0.570. The number of hydrogen-bond donors (Lipinski definition) is 2. The molecule has 0 radical (unpaired) electrons. The Balaban J connectivity index is 3.12. The lowest BCUT2D eigenvalue weighted by atomic mass is 10.1. The second-order valence-electron chi connectivity index (χ2n) is 4.72. The summed E-state index contributed by atoms with van der Waals surface area (Å²) in [6.07, 6.45) is 11.3. The molecule has 1 amide bonds. The van der Waals surface area contributed by atoms with Gasteiger partial charge in [-0.3, -0.25) is 4.79 Å². The Morgan fingerprint density at radius 3 is 2.29 bits per heavy atom. The van der Waals surface area contributed by atoms with E-state index in [9.17, 15) is 4.79 Å². The highest BCUT2D eigenvalue weighted by Crippen LogP contribution is 2.04. The van der Waals surface area contributed by atoms with Crippen molar-refractivity contribution in [3.05, 3.63) is 0 Å². The van der Waals surface area contributed by atoms with Crippen molar-refractivity contribution in [3.63, 3.8) is 0 Å². The fourth-order valence-corrected chi connectivity index (χ4v) is 1.83. The quantitative estimate of drug-likeness (QED) is 0.517. The Morgan fingerprint density at radius 1 is 0.941 bits per heavy atom. The molecule has 0 aromatic heterocycles. The highest BCUT2D eigenvalue weighted by molar-refractivity contribution is 5.75. The topological polar surface area (TPSA) is 55.1 Å². The van der Waals surface area contributed by atoms with Crippen LogP contribution in [0.3, 0.4) is 0 Å². The summed E-state index contributed by atoms with van der Waals surface area (Å²) in [5.41, 5.74) is 5.41. The molecule has 17 heavy (non-hydrogen) atoms. The molecule has 0 aromatic rings. The van der Waals surface area contributed by atoms with Crippen LogP contribution in [0, 0.1) is 0 Å². The van der Waals surface area contributed by atoms with Gasteiger partial charge in [-0.05, 0) is 25.8 Å². The van der Waals surface area contributed by atoms with E-state index in [1.165, 1.54) is 38.5 Å². The lowest BCUT2D eigenvalue weighted by Gasteiger charge is -2.05. The molecule has 0 spiro atoms. The third-order valence-electron chi connectivity index (χ3n) is 2.96. The summed E-state index contributed by atoms with van der Waals surface area (Å²) in [5, 5.41) is 2.98. The fourth-order valence-electron chi connectivity index (χ4n) is 1.83. The van der Waals surface area contributed by atoms with E-state index in [2.05, 4.69) is 12.2 Å². The third-order valence-corrected chi connectivity index (χ3v) is 2.96. The van der Waals surface area contributed by atoms with Gasteiger partial charge in [-0.2, -0.15) is 0 Å². The minimum atomic E-state index is 0.223. The Morgan fingerprint density at radius 2 is 1.59 bits per heavy atom. The van der Waals surface area contributed by atoms with Crippen molar-refractivity contribution in [1.29, 1.82) is 0 Å².